The van der Waals surface area contributed by atoms with Crippen molar-refractivity contribution in [1.29, 1.82) is 0 Å². The zero-order valence-corrected chi connectivity index (χ0v) is 10.3. The van der Waals surface area contributed by atoms with Crippen LogP contribution in [-0.4, -0.2) is 81.3 Å². The molecule has 0 bridgehead atoms. The van der Waals surface area contributed by atoms with E-state index >= 15 is 0 Å². The van der Waals surface area contributed by atoms with E-state index in [0.29, 0.717) is 13.1 Å². The van der Waals surface area contributed by atoms with Gasteiger partial charge in [-0.1, -0.05) is 0 Å². The van der Waals surface area contributed by atoms with E-state index in [4.69, 9.17) is 4.74 Å². The molecule has 1 aliphatic rings. The summed E-state index contributed by atoms with van der Waals surface area (Å²) in [4.78, 5) is 17.1. The van der Waals surface area contributed by atoms with E-state index in [2.05, 4.69) is 4.90 Å². The highest BCUT2D eigenvalue weighted by molar-refractivity contribution is 5.75. The lowest BCUT2D eigenvalue weighted by Gasteiger charge is -2.50. The zero-order chi connectivity index (χ0) is 11.6. The molecular weight excluding hydrogens is 194 g/mol. The first-order valence-corrected chi connectivity index (χ1v) is 5.06. The van der Waals surface area contributed by atoms with Gasteiger partial charge in [-0.2, -0.15) is 0 Å². The van der Waals surface area contributed by atoms with E-state index in [1.54, 1.807) is 31.0 Å². The van der Waals surface area contributed by atoms with E-state index in [1.807, 2.05) is 14.1 Å². The summed E-state index contributed by atoms with van der Waals surface area (Å²) in [6.45, 7) is 2.21. The van der Waals surface area contributed by atoms with Crippen molar-refractivity contribution < 1.29 is 9.53 Å². The van der Waals surface area contributed by atoms with E-state index in [0.717, 1.165) is 6.54 Å². The van der Waals surface area contributed by atoms with Gasteiger partial charge >= 0.3 is 6.03 Å². The van der Waals surface area contributed by atoms with Crippen LogP contribution in [-0.2, 0) is 4.74 Å². The van der Waals surface area contributed by atoms with E-state index in [-0.39, 0.29) is 11.6 Å². The third-order valence-electron chi connectivity index (χ3n) is 2.65. The third kappa shape index (κ3) is 2.60. The first-order chi connectivity index (χ1) is 6.90. The molecular formula is C10H21N3O2. The number of hydrogen-bond acceptors (Lipinski definition) is 3. The molecule has 0 radical (unpaired) electrons. The van der Waals surface area contributed by atoms with Crippen molar-refractivity contribution >= 4 is 6.03 Å². The second-order valence-electron chi connectivity index (χ2n) is 4.66. The highest BCUT2D eigenvalue weighted by atomic mass is 16.5. The summed E-state index contributed by atoms with van der Waals surface area (Å²) < 4.78 is 5.49. The van der Waals surface area contributed by atoms with Crippen molar-refractivity contribution in [3.63, 3.8) is 0 Å². The first kappa shape index (κ1) is 12.3. The number of methoxy groups -OCH3 is 1. The molecule has 1 rings (SSSR count). The number of likely N-dealkylation sites (tertiary alicyclic amines) is 1. The maximum absolute atomic E-state index is 11.6. The van der Waals surface area contributed by atoms with Gasteiger partial charge in [0.25, 0.3) is 0 Å². The number of ether oxygens (including phenoxy) is 1. The topological polar surface area (TPSA) is 36.0 Å². The fraction of sp³-hybridized carbons (Fsp3) is 0.900. The van der Waals surface area contributed by atoms with Crippen LogP contribution in [0.1, 0.15) is 0 Å². The Morgan fingerprint density at radius 1 is 1.33 bits per heavy atom. The van der Waals surface area contributed by atoms with Crippen LogP contribution in [0.25, 0.3) is 0 Å². The minimum Gasteiger partial charge on any atom is -0.373 e. The van der Waals surface area contributed by atoms with Crippen molar-refractivity contribution in [3.05, 3.63) is 0 Å². The highest BCUT2D eigenvalue weighted by Crippen LogP contribution is 2.25. The summed E-state index contributed by atoms with van der Waals surface area (Å²) in [6.07, 6.45) is 0. The van der Waals surface area contributed by atoms with Gasteiger partial charge in [0.2, 0.25) is 0 Å². The SMILES string of the molecule is COC1(CN(C)C)CN(C(=O)N(C)C)C1. The average Bonchev–Trinajstić information content (AvgIpc) is 2.08. The van der Waals surface area contributed by atoms with Crippen LogP contribution in [0.5, 0.6) is 0 Å². The number of nitrogens with zero attached hydrogens (tertiary/aromatic N) is 3. The molecule has 5 heteroatoms. The summed E-state index contributed by atoms with van der Waals surface area (Å²) in [7, 11) is 9.26. The van der Waals surface area contributed by atoms with Crippen LogP contribution in [0, 0.1) is 0 Å². The molecule has 0 aliphatic carbocycles. The Balaban J connectivity index is 2.48. The lowest BCUT2D eigenvalue weighted by molar-refractivity contribution is -0.118. The van der Waals surface area contributed by atoms with Crippen molar-refractivity contribution in [3.8, 4) is 0 Å². The largest absolute Gasteiger partial charge is 0.373 e. The molecule has 0 aromatic rings. The second-order valence-corrected chi connectivity index (χ2v) is 4.66. The molecule has 1 fully saturated rings. The van der Waals surface area contributed by atoms with Gasteiger partial charge in [0.1, 0.15) is 5.60 Å². The number of carbonyl (C=O) groups is 1. The van der Waals surface area contributed by atoms with Crippen LogP contribution in [0.3, 0.4) is 0 Å². The normalized spacial score (nSPS) is 18.9. The summed E-state index contributed by atoms with van der Waals surface area (Å²) in [6, 6.07) is 0.0569. The lowest BCUT2D eigenvalue weighted by Crippen LogP contribution is -2.69. The van der Waals surface area contributed by atoms with Crippen LogP contribution in [0.2, 0.25) is 0 Å². The van der Waals surface area contributed by atoms with Crippen LogP contribution < -0.4 is 0 Å². The van der Waals surface area contributed by atoms with Crippen LogP contribution in [0.4, 0.5) is 4.79 Å². The van der Waals surface area contributed by atoms with Gasteiger partial charge in [-0.25, -0.2) is 4.79 Å². The Labute approximate surface area is 91.6 Å². The lowest BCUT2D eigenvalue weighted by atomic mass is 9.93. The fourth-order valence-electron chi connectivity index (χ4n) is 1.94. The predicted molar refractivity (Wildman–Crippen MR) is 59.0 cm³/mol. The number of hydrogen-bond donors (Lipinski definition) is 0. The van der Waals surface area contributed by atoms with Gasteiger partial charge in [0.05, 0.1) is 13.1 Å². The van der Waals surface area contributed by atoms with Crippen molar-refractivity contribution in [1.82, 2.24) is 14.7 Å². The number of amides is 2. The molecule has 0 unspecified atom stereocenters. The summed E-state index contributed by atoms with van der Waals surface area (Å²) >= 11 is 0. The summed E-state index contributed by atoms with van der Waals surface area (Å²) in [5.41, 5.74) is -0.171. The van der Waals surface area contributed by atoms with Gasteiger partial charge in [0.15, 0.2) is 0 Å². The van der Waals surface area contributed by atoms with Crippen molar-refractivity contribution in [2.24, 2.45) is 0 Å². The second kappa shape index (κ2) is 4.37. The Hall–Kier alpha value is -0.810. The van der Waals surface area contributed by atoms with Crippen LogP contribution in [0.15, 0.2) is 0 Å². The molecule has 0 atom stereocenters. The number of rotatable bonds is 3. The van der Waals surface area contributed by atoms with Gasteiger partial charge in [-0.3, -0.25) is 0 Å². The predicted octanol–water partition coefficient (Wildman–Crippen LogP) is -0.0696. The molecule has 1 aliphatic heterocycles. The maximum Gasteiger partial charge on any atom is 0.319 e. The molecule has 88 valence electrons. The van der Waals surface area contributed by atoms with Crippen LogP contribution >= 0.6 is 0 Å². The molecule has 1 saturated heterocycles. The Bertz CT molecular complexity index is 235. The van der Waals surface area contributed by atoms with Gasteiger partial charge in [-0.05, 0) is 14.1 Å². The van der Waals surface area contributed by atoms with Gasteiger partial charge < -0.3 is 19.4 Å². The van der Waals surface area contributed by atoms with Gasteiger partial charge in [-0.15, -0.1) is 0 Å². The average molecular weight is 215 g/mol. The molecule has 0 aromatic heterocycles. The third-order valence-corrected chi connectivity index (χ3v) is 2.65. The fourth-order valence-corrected chi connectivity index (χ4v) is 1.94. The number of urea groups is 1. The smallest absolute Gasteiger partial charge is 0.319 e. The Kier molecular flexibility index (Phi) is 3.57. The van der Waals surface area contributed by atoms with Crippen molar-refractivity contribution in [2.45, 2.75) is 5.60 Å². The Morgan fingerprint density at radius 2 is 1.87 bits per heavy atom. The summed E-state index contributed by atoms with van der Waals surface area (Å²) in [5.74, 6) is 0. The highest BCUT2D eigenvalue weighted by Gasteiger charge is 2.46. The molecule has 2 amide bonds. The molecule has 0 spiro atoms. The minimum atomic E-state index is -0.171. The van der Waals surface area contributed by atoms with Gasteiger partial charge in [0, 0.05) is 27.7 Å². The molecule has 0 saturated carbocycles. The van der Waals surface area contributed by atoms with E-state index < -0.39 is 0 Å². The maximum atomic E-state index is 11.6. The Morgan fingerprint density at radius 3 is 2.20 bits per heavy atom. The molecule has 0 N–H and O–H groups in total. The minimum absolute atomic E-state index is 0.0569. The monoisotopic (exact) mass is 215 g/mol. The van der Waals surface area contributed by atoms with Crippen molar-refractivity contribution in [2.75, 3.05) is 54.9 Å². The quantitative estimate of drug-likeness (QED) is 0.661. The standard InChI is InChI=1S/C10H21N3O2/c1-11(2)6-10(15-5)7-13(8-10)9(14)12(3)4/h6-8H2,1-5H3. The van der Waals surface area contributed by atoms with E-state index in [1.165, 1.54) is 0 Å². The molecule has 5 nitrogen and oxygen atoms in total. The first-order valence-electron chi connectivity index (χ1n) is 5.06. The molecule has 15 heavy (non-hydrogen) atoms. The van der Waals surface area contributed by atoms with E-state index in [9.17, 15) is 4.79 Å². The number of likely N-dealkylation sites (N-methyl/N-ethyl adjacent to an activating group) is 1. The molecule has 1 heterocycles. The summed E-state index contributed by atoms with van der Waals surface area (Å²) in [5, 5.41) is 0. The number of carbonyl (C=O) groups excluding carboxylic acids is 1. The molecule has 0 aromatic carbocycles. The zero-order valence-electron chi connectivity index (χ0n) is 10.3.